The van der Waals surface area contributed by atoms with Gasteiger partial charge in [0.25, 0.3) is 0 Å². The lowest BCUT2D eigenvalue weighted by molar-refractivity contribution is -0.00729. The average molecular weight is 278 g/mol. The molecule has 1 heterocycles. The fourth-order valence-corrected chi connectivity index (χ4v) is 7.51. The normalized spacial score (nSPS) is 26.8. The minimum atomic E-state index is -2.36. The zero-order chi connectivity index (χ0) is 12.8. The monoisotopic (exact) mass is 278 g/mol. The number of hydrogen-bond acceptors (Lipinski definition) is 4. The molecule has 102 valence electrons. The molecular weight excluding hydrogens is 252 g/mol. The lowest BCUT2D eigenvalue weighted by atomic mass is 10.1. The molecule has 0 aromatic rings. The maximum Gasteiger partial charge on any atom is 0.499 e. The van der Waals surface area contributed by atoms with Crippen LogP contribution in [0.25, 0.3) is 0 Å². The molecule has 1 rings (SSSR count). The van der Waals surface area contributed by atoms with Crippen LogP contribution in [0, 0.1) is 0 Å². The van der Waals surface area contributed by atoms with Crippen LogP contribution in [-0.4, -0.2) is 51.5 Å². The third-order valence-electron chi connectivity index (χ3n) is 3.67. The first-order valence-corrected chi connectivity index (χ1v) is 10.0. The molecule has 1 aliphatic heterocycles. The van der Waals surface area contributed by atoms with Crippen molar-refractivity contribution in [1.82, 2.24) is 0 Å². The summed E-state index contributed by atoms with van der Waals surface area (Å²) in [5.74, 6) is 0. The summed E-state index contributed by atoms with van der Waals surface area (Å²) in [6.45, 7) is 3.21. The molecule has 1 aliphatic rings. The Morgan fingerprint density at radius 2 is 1.82 bits per heavy atom. The van der Waals surface area contributed by atoms with E-state index in [1.165, 1.54) is 19.3 Å². The van der Waals surface area contributed by atoms with Crippen LogP contribution in [0.4, 0.5) is 0 Å². The van der Waals surface area contributed by atoms with E-state index in [4.69, 9.17) is 18.0 Å². The second-order valence-electron chi connectivity index (χ2n) is 4.90. The molecule has 1 saturated heterocycles. The molecular formula is C11H26O4Si2. The Bertz CT molecular complexity index is 207. The van der Waals surface area contributed by atoms with Crippen LogP contribution in [-0.2, 0) is 18.0 Å². The van der Waals surface area contributed by atoms with E-state index in [0.717, 1.165) is 18.7 Å². The van der Waals surface area contributed by atoms with E-state index in [9.17, 15) is 0 Å². The lowest BCUT2D eigenvalue weighted by Gasteiger charge is -2.34. The zero-order valence-corrected chi connectivity index (χ0v) is 14.0. The third kappa shape index (κ3) is 4.46. The molecule has 0 amide bonds. The molecule has 0 spiro atoms. The minimum Gasteiger partial charge on any atom is -0.379 e. The van der Waals surface area contributed by atoms with Gasteiger partial charge in [-0.05, 0) is 26.2 Å². The maximum atomic E-state index is 5.94. The smallest absolute Gasteiger partial charge is 0.379 e. The van der Waals surface area contributed by atoms with Crippen molar-refractivity contribution in [2.24, 2.45) is 0 Å². The molecule has 1 atom stereocenters. The van der Waals surface area contributed by atoms with Gasteiger partial charge in [-0.2, -0.15) is 0 Å². The lowest BCUT2D eigenvalue weighted by Crippen LogP contribution is -2.45. The van der Waals surface area contributed by atoms with E-state index in [2.05, 4.69) is 6.92 Å². The first kappa shape index (κ1) is 15.3. The van der Waals surface area contributed by atoms with Gasteiger partial charge in [-0.25, -0.2) is 0 Å². The Kier molecular flexibility index (Phi) is 6.32. The van der Waals surface area contributed by atoms with Crippen LogP contribution >= 0.6 is 0 Å². The van der Waals surface area contributed by atoms with Gasteiger partial charge in [0, 0.05) is 39.2 Å². The first-order valence-electron chi connectivity index (χ1n) is 6.39. The molecule has 4 nitrogen and oxygen atoms in total. The van der Waals surface area contributed by atoms with Gasteiger partial charge in [-0.3, -0.25) is 0 Å². The van der Waals surface area contributed by atoms with Gasteiger partial charge in [0.2, 0.25) is 0 Å². The summed E-state index contributed by atoms with van der Waals surface area (Å²) in [4.78, 5) is 0. The summed E-state index contributed by atoms with van der Waals surface area (Å²) < 4.78 is 22.2. The van der Waals surface area contributed by atoms with Crippen LogP contribution in [0.1, 0.15) is 26.2 Å². The van der Waals surface area contributed by atoms with Crippen molar-refractivity contribution in [3.63, 3.8) is 0 Å². The van der Waals surface area contributed by atoms with Crippen LogP contribution < -0.4 is 0 Å². The topological polar surface area (TPSA) is 36.9 Å². The molecule has 0 aromatic carbocycles. The molecule has 17 heavy (non-hydrogen) atoms. The molecule has 0 aliphatic carbocycles. The van der Waals surface area contributed by atoms with E-state index in [-0.39, 0.29) is 14.7 Å². The second kappa shape index (κ2) is 7.01. The van der Waals surface area contributed by atoms with Crippen molar-refractivity contribution in [3.8, 4) is 0 Å². The molecule has 0 bridgehead atoms. The van der Waals surface area contributed by atoms with Gasteiger partial charge in [0.05, 0.1) is 9.52 Å². The van der Waals surface area contributed by atoms with Crippen molar-refractivity contribution in [2.45, 2.75) is 43.5 Å². The van der Waals surface area contributed by atoms with Gasteiger partial charge in [0.1, 0.15) is 0 Å². The standard InChI is InChI=1S/C11H26O4Si2/c1-11(7-5-6-8-15-11)16-9-10-17(12-2,13-3)14-4/h5-10,16H2,1-4H3. The van der Waals surface area contributed by atoms with Crippen molar-refractivity contribution in [1.29, 1.82) is 0 Å². The summed E-state index contributed by atoms with van der Waals surface area (Å²) >= 11 is 0. The Morgan fingerprint density at radius 3 is 2.29 bits per heavy atom. The van der Waals surface area contributed by atoms with Crippen molar-refractivity contribution >= 4 is 18.3 Å². The minimum absolute atomic E-state index is 0.188. The van der Waals surface area contributed by atoms with Gasteiger partial charge in [0.15, 0.2) is 0 Å². The zero-order valence-electron chi connectivity index (χ0n) is 11.6. The van der Waals surface area contributed by atoms with Crippen LogP contribution in [0.2, 0.25) is 12.1 Å². The van der Waals surface area contributed by atoms with E-state index in [1.807, 2.05) is 0 Å². The van der Waals surface area contributed by atoms with Crippen LogP contribution in [0.3, 0.4) is 0 Å². The largest absolute Gasteiger partial charge is 0.499 e. The van der Waals surface area contributed by atoms with Gasteiger partial charge in [-0.1, -0.05) is 6.04 Å². The average Bonchev–Trinajstić information content (AvgIpc) is 2.36. The molecule has 1 fully saturated rings. The van der Waals surface area contributed by atoms with Crippen LogP contribution in [0.15, 0.2) is 0 Å². The van der Waals surface area contributed by atoms with E-state index in [1.54, 1.807) is 21.3 Å². The van der Waals surface area contributed by atoms with Crippen LogP contribution in [0.5, 0.6) is 0 Å². The summed E-state index contributed by atoms with van der Waals surface area (Å²) in [7, 11) is 2.42. The van der Waals surface area contributed by atoms with E-state index < -0.39 is 8.80 Å². The molecule has 1 unspecified atom stereocenters. The molecule has 0 N–H and O–H groups in total. The highest BCUT2D eigenvalue weighted by molar-refractivity contribution is 6.62. The third-order valence-corrected chi connectivity index (χ3v) is 9.53. The molecule has 0 saturated carbocycles. The Balaban J connectivity index is 2.34. The van der Waals surface area contributed by atoms with Gasteiger partial charge >= 0.3 is 8.80 Å². The van der Waals surface area contributed by atoms with Gasteiger partial charge in [-0.15, -0.1) is 0 Å². The number of rotatable bonds is 7. The Labute approximate surface area is 108 Å². The fourth-order valence-electron chi connectivity index (χ4n) is 2.42. The SMILES string of the molecule is CO[Si](CC[SiH2]C1(C)CCCCO1)(OC)OC. The summed E-state index contributed by atoms with van der Waals surface area (Å²) in [5.41, 5.74) is 0. The predicted octanol–water partition coefficient (Wildman–Crippen LogP) is 1.37. The van der Waals surface area contributed by atoms with Crippen molar-refractivity contribution in [3.05, 3.63) is 0 Å². The number of ether oxygens (including phenoxy) is 1. The number of hydrogen-bond donors (Lipinski definition) is 0. The Morgan fingerprint density at radius 1 is 1.18 bits per heavy atom. The highest BCUT2D eigenvalue weighted by Crippen LogP contribution is 2.26. The summed E-state index contributed by atoms with van der Waals surface area (Å²) in [6, 6.07) is 2.08. The van der Waals surface area contributed by atoms with E-state index >= 15 is 0 Å². The summed E-state index contributed by atoms with van der Waals surface area (Å²) in [6.07, 6.45) is 3.75. The predicted molar refractivity (Wildman–Crippen MR) is 73.1 cm³/mol. The highest BCUT2D eigenvalue weighted by atomic mass is 28.4. The van der Waals surface area contributed by atoms with Gasteiger partial charge < -0.3 is 18.0 Å². The molecule has 6 heteroatoms. The van der Waals surface area contributed by atoms with E-state index in [0.29, 0.717) is 0 Å². The second-order valence-corrected chi connectivity index (χ2v) is 10.7. The molecule has 0 radical (unpaired) electrons. The summed E-state index contributed by atoms with van der Waals surface area (Å²) in [5, 5.41) is 0.188. The van der Waals surface area contributed by atoms with Crippen molar-refractivity contribution in [2.75, 3.05) is 27.9 Å². The highest BCUT2D eigenvalue weighted by Gasteiger charge is 2.38. The maximum absolute atomic E-state index is 5.94. The Hall–Kier alpha value is 0.274. The molecule has 0 aromatic heterocycles. The van der Waals surface area contributed by atoms with Crippen molar-refractivity contribution < 1.29 is 18.0 Å². The fraction of sp³-hybridized carbons (Fsp3) is 1.00. The quantitative estimate of drug-likeness (QED) is 0.659. The first-order chi connectivity index (χ1) is 8.10.